The van der Waals surface area contributed by atoms with Gasteiger partial charge in [0.2, 0.25) is 0 Å². The van der Waals surface area contributed by atoms with E-state index in [1.165, 1.54) is 0 Å². The first-order valence-corrected chi connectivity index (χ1v) is 12.9. The maximum absolute atomic E-state index is 13.7. The van der Waals surface area contributed by atoms with Crippen LogP contribution in [0.4, 0.5) is 0 Å². The number of amides is 1. The highest BCUT2D eigenvalue weighted by molar-refractivity contribution is 6.30. The second kappa shape index (κ2) is 10.6. The summed E-state index contributed by atoms with van der Waals surface area (Å²) in [5.41, 5.74) is 5.72. The Morgan fingerprint density at radius 2 is 1.74 bits per heavy atom. The zero-order valence-corrected chi connectivity index (χ0v) is 21.9. The van der Waals surface area contributed by atoms with E-state index in [1.54, 1.807) is 19.5 Å². The Morgan fingerprint density at radius 3 is 2.49 bits per heavy atom. The number of carbonyl (C=O) groups is 1. The molecule has 0 saturated heterocycles. The predicted molar refractivity (Wildman–Crippen MR) is 149 cm³/mol. The van der Waals surface area contributed by atoms with E-state index in [1.807, 2.05) is 89.8 Å². The molecule has 7 nitrogen and oxygen atoms in total. The molecule has 1 aliphatic heterocycles. The lowest BCUT2D eigenvalue weighted by Gasteiger charge is -2.27. The van der Waals surface area contributed by atoms with Crippen molar-refractivity contribution < 1.29 is 14.3 Å². The van der Waals surface area contributed by atoms with Crippen LogP contribution in [0.1, 0.15) is 38.8 Å². The molecular weight excluding hydrogens is 512 g/mol. The maximum atomic E-state index is 13.7. The minimum atomic E-state index is -0.408. The van der Waals surface area contributed by atoms with E-state index in [2.05, 4.69) is 15.2 Å². The van der Waals surface area contributed by atoms with Gasteiger partial charge in [-0.1, -0.05) is 66.2 Å². The van der Waals surface area contributed by atoms with Crippen LogP contribution in [0.15, 0.2) is 97.3 Å². The number of nitrogens with one attached hydrogen (secondary N) is 1. The number of hydrogen-bond acceptors (Lipinski definition) is 5. The molecule has 0 spiro atoms. The van der Waals surface area contributed by atoms with Gasteiger partial charge in [-0.25, -0.2) is 0 Å². The number of aromatic amines is 1. The summed E-state index contributed by atoms with van der Waals surface area (Å²) in [6, 6.07) is 26.6. The number of halogens is 1. The number of H-pyrrole nitrogens is 1. The van der Waals surface area contributed by atoms with Crippen molar-refractivity contribution in [1.29, 1.82) is 0 Å². The molecule has 1 atom stereocenters. The number of rotatable bonds is 8. The molecule has 39 heavy (non-hydrogen) atoms. The van der Waals surface area contributed by atoms with Gasteiger partial charge in [-0.3, -0.25) is 14.9 Å². The smallest absolute Gasteiger partial charge is 0.273 e. The van der Waals surface area contributed by atoms with Crippen molar-refractivity contribution in [1.82, 2.24) is 20.1 Å². The van der Waals surface area contributed by atoms with Crippen LogP contribution in [0.5, 0.6) is 11.5 Å². The molecule has 3 heterocycles. The average Bonchev–Trinajstić information content (AvgIpc) is 3.52. The second-order valence-electron chi connectivity index (χ2n) is 9.25. The fourth-order valence-electron chi connectivity index (χ4n) is 4.93. The summed E-state index contributed by atoms with van der Waals surface area (Å²) >= 11 is 6.14. The third-order valence-corrected chi connectivity index (χ3v) is 7.05. The second-order valence-corrected chi connectivity index (χ2v) is 9.69. The van der Waals surface area contributed by atoms with Crippen LogP contribution in [0, 0.1) is 0 Å². The molecule has 1 amide bonds. The first-order valence-electron chi connectivity index (χ1n) is 12.5. The van der Waals surface area contributed by atoms with E-state index >= 15 is 0 Å². The largest absolute Gasteiger partial charge is 0.493 e. The number of ether oxygens (including phenoxy) is 2. The van der Waals surface area contributed by atoms with Crippen molar-refractivity contribution in [3.8, 4) is 22.8 Å². The van der Waals surface area contributed by atoms with E-state index < -0.39 is 6.04 Å². The van der Waals surface area contributed by atoms with Crippen molar-refractivity contribution in [2.75, 3.05) is 7.11 Å². The van der Waals surface area contributed by atoms with Crippen molar-refractivity contribution in [2.24, 2.45) is 0 Å². The third kappa shape index (κ3) is 4.84. The van der Waals surface area contributed by atoms with Gasteiger partial charge in [-0.15, -0.1) is 0 Å². The lowest BCUT2D eigenvalue weighted by atomic mass is 9.95. The quantitative estimate of drug-likeness (QED) is 0.246. The van der Waals surface area contributed by atoms with Gasteiger partial charge in [0, 0.05) is 35.1 Å². The lowest BCUT2D eigenvalue weighted by molar-refractivity contribution is 0.0729. The zero-order chi connectivity index (χ0) is 26.8. The summed E-state index contributed by atoms with van der Waals surface area (Å²) in [7, 11) is 1.62. The Morgan fingerprint density at radius 1 is 0.949 bits per heavy atom. The molecule has 1 aliphatic rings. The monoisotopic (exact) mass is 536 g/mol. The molecule has 0 fully saturated rings. The molecule has 0 bridgehead atoms. The van der Waals surface area contributed by atoms with Crippen LogP contribution < -0.4 is 9.47 Å². The topological polar surface area (TPSA) is 80.3 Å². The Bertz CT molecular complexity index is 1600. The van der Waals surface area contributed by atoms with Gasteiger partial charge in [-0.05, 0) is 47.0 Å². The molecule has 0 radical (unpaired) electrons. The van der Waals surface area contributed by atoms with Crippen LogP contribution in [0.2, 0.25) is 5.02 Å². The molecular formula is C31H25ClN4O3. The highest BCUT2D eigenvalue weighted by atomic mass is 35.5. The van der Waals surface area contributed by atoms with Crippen LogP contribution in [-0.2, 0) is 13.2 Å². The Hall–Kier alpha value is -4.62. The molecule has 1 N–H and O–H groups in total. The zero-order valence-electron chi connectivity index (χ0n) is 21.2. The number of fused-ring (bicyclic) bond motifs is 1. The minimum absolute atomic E-state index is 0.130. The lowest BCUT2D eigenvalue weighted by Crippen LogP contribution is -2.29. The van der Waals surface area contributed by atoms with Gasteiger partial charge in [0.25, 0.3) is 5.91 Å². The molecule has 2 aromatic heterocycles. The molecule has 6 rings (SSSR count). The van der Waals surface area contributed by atoms with Crippen molar-refractivity contribution >= 4 is 17.5 Å². The van der Waals surface area contributed by atoms with E-state index in [4.69, 9.17) is 21.1 Å². The molecule has 0 saturated carbocycles. The van der Waals surface area contributed by atoms with E-state index in [0.717, 1.165) is 27.8 Å². The number of carbonyl (C=O) groups excluding carboxylic acids is 1. The Balaban J connectivity index is 1.41. The molecule has 5 aromatic rings. The summed E-state index contributed by atoms with van der Waals surface area (Å²) < 4.78 is 11.8. The Labute approximate surface area is 231 Å². The van der Waals surface area contributed by atoms with E-state index in [9.17, 15) is 4.79 Å². The summed E-state index contributed by atoms with van der Waals surface area (Å²) in [6.07, 6.45) is 3.49. The maximum Gasteiger partial charge on any atom is 0.273 e. The highest BCUT2D eigenvalue weighted by Gasteiger charge is 2.42. The summed E-state index contributed by atoms with van der Waals surface area (Å²) in [5.74, 6) is 1.08. The number of benzene rings is 3. The normalized spacial score (nSPS) is 14.4. The van der Waals surface area contributed by atoms with Crippen LogP contribution >= 0.6 is 11.6 Å². The van der Waals surface area contributed by atoms with Crippen molar-refractivity contribution in [3.05, 3.63) is 130 Å². The van der Waals surface area contributed by atoms with Gasteiger partial charge >= 0.3 is 0 Å². The minimum Gasteiger partial charge on any atom is -0.493 e. The van der Waals surface area contributed by atoms with Crippen molar-refractivity contribution in [3.63, 3.8) is 0 Å². The van der Waals surface area contributed by atoms with Crippen LogP contribution in [-0.4, -0.2) is 33.1 Å². The molecule has 194 valence electrons. The van der Waals surface area contributed by atoms with Gasteiger partial charge in [-0.2, -0.15) is 5.10 Å². The molecule has 1 unspecified atom stereocenters. The fourth-order valence-corrected chi connectivity index (χ4v) is 5.06. The number of methoxy groups -OCH3 is 1. The fraction of sp³-hybridized carbons (Fsp3) is 0.129. The van der Waals surface area contributed by atoms with Gasteiger partial charge in [0.1, 0.15) is 12.3 Å². The summed E-state index contributed by atoms with van der Waals surface area (Å²) in [4.78, 5) is 19.8. The average molecular weight is 537 g/mol. The van der Waals surface area contributed by atoms with Crippen molar-refractivity contribution in [2.45, 2.75) is 19.2 Å². The number of hydrogen-bond donors (Lipinski definition) is 1. The molecule has 8 heteroatoms. The number of nitrogens with zero attached hydrogens (tertiary/aromatic N) is 3. The van der Waals surface area contributed by atoms with Crippen LogP contribution in [0.25, 0.3) is 11.3 Å². The standard InChI is InChI=1S/C31H25ClN4O3/c1-38-26-16-23(11-14-25(26)39-19-20-6-3-2-4-7-20)30-27-28(22-9-12-24(32)13-10-22)34-35-29(27)31(37)36(30)18-21-8-5-15-33-17-21/h2-17,30H,18-19H2,1H3,(H,34,35). The first kappa shape index (κ1) is 24.7. The third-order valence-electron chi connectivity index (χ3n) is 6.80. The van der Waals surface area contributed by atoms with Gasteiger partial charge < -0.3 is 14.4 Å². The first-order chi connectivity index (χ1) is 19.1. The highest BCUT2D eigenvalue weighted by Crippen LogP contribution is 2.45. The summed E-state index contributed by atoms with van der Waals surface area (Å²) in [5, 5.41) is 8.17. The number of aromatic nitrogens is 3. The Kier molecular flexibility index (Phi) is 6.73. The van der Waals surface area contributed by atoms with Gasteiger partial charge in [0.15, 0.2) is 11.5 Å². The molecule has 3 aromatic carbocycles. The SMILES string of the molecule is COc1cc(C2c3c(-c4ccc(Cl)cc4)n[nH]c3C(=O)N2Cc2cccnc2)ccc1OCc1ccccc1. The van der Waals surface area contributed by atoms with Gasteiger partial charge in [0.05, 0.1) is 18.8 Å². The number of pyridine rings is 1. The van der Waals surface area contributed by atoms with Crippen LogP contribution in [0.3, 0.4) is 0 Å². The van der Waals surface area contributed by atoms with E-state index in [0.29, 0.717) is 41.1 Å². The van der Waals surface area contributed by atoms with E-state index in [-0.39, 0.29) is 5.91 Å². The summed E-state index contributed by atoms with van der Waals surface area (Å²) in [6.45, 7) is 0.798. The predicted octanol–water partition coefficient (Wildman–Crippen LogP) is 6.46. The molecule has 0 aliphatic carbocycles.